The van der Waals surface area contributed by atoms with Crippen LogP contribution in [0.3, 0.4) is 0 Å². The van der Waals surface area contributed by atoms with Crippen LogP contribution < -0.4 is 17.0 Å². The summed E-state index contributed by atoms with van der Waals surface area (Å²) in [5, 5.41) is 0.543. The van der Waals surface area contributed by atoms with Gasteiger partial charge in [0, 0.05) is 27.1 Å². The Bertz CT molecular complexity index is 1130. The highest BCUT2D eigenvalue weighted by Gasteiger charge is 2.14. The summed E-state index contributed by atoms with van der Waals surface area (Å²) in [5.74, 6) is -0.487. The summed E-state index contributed by atoms with van der Waals surface area (Å²) >= 11 is 0. The first-order valence-corrected chi connectivity index (χ1v) is 9.51. The molecule has 7 nitrogen and oxygen atoms in total. The Morgan fingerprint density at radius 1 is 1.07 bits per heavy atom. The molecule has 1 atom stereocenters. The first-order chi connectivity index (χ1) is 13.9. The third-order valence-corrected chi connectivity index (χ3v) is 5.15. The Morgan fingerprint density at radius 3 is 2.38 bits per heavy atom. The maximum atomic E-state index is 12.7. The van der Waals surface area contributed by atoms with Crippen molar-refractivity contribution in [3.8, 4) is 0 Å². The second-order valence-electron chi connectivity index (χ2n) is 7.07. The molecule has 152 valence electrons. The third kappa shape index (κ3) is 4.46. The monoisotopic (exact) mass is 395 g/mol. The third-order valence-electron chi connectivity index (χ3n) is 5.15. The minimum Gasteiger partial charge on any atom is -0.371 e. The van der Waals surface area contributed by atoms with Gasteiger partial charge in [0.1, 0.15) is 6.10 Å². The fourth-order valence-electron chi connectivity index (χ4n) is 3.46. The van der Waals surface area contributed by atoms with Crippen LogP contribution in [0.15, 0.2) is 58.1 Å². The summed E-state index contributed by atoms with van der Waals surface area (Å²) < 4.78 is 7.89. The standard InChI is InChI=1S/C22H25N3O4/c1-24-18-8-4-3-7-17(18)21(27)25(22(24)28)13-5-6-15-9-11-16(12-10-15)14-19(29-2)20(23)26/h3-4,7-12,19H,5-6,13-14H2,1-2H3,(H2,23,26). The van der Waals surface area contributed by atoms with Gasteiger partial charge in [-0.3, -0.25) is 18.7 Å². The number of nitrogens with zero attached hydrogens (tertiary/aromatic N) is 2. The zero-order chi connectivity index (χ0) is 21.0. The number of hydrogen-bond donors (Lipinski definition) is 1. The van der Waals surface area contributed by atoms with Crippen molar-refractivity contribution >= 4 is 16.8 Å². The van der Waals surface area contributed by atoms with Crippen LogP contribution in [0, 0.1) is 0 Å². The van der Waals surface area contributed by atoms with Gasteiger partial charge in [0.25, 0.3) is 5.56 Å². The number of primary amides is 1. The van der Waals surface area contributed by atoms with E-state index in [1.165, 1.54) is 16.2 Å². The SMILES string of the molecule is COC(Cc1ccc(CCCn2c(=O)c3ccccc3n(C)c2=O)cc1)C(N)=O. The summed E-state index contributed by atoms with van der Waals surface area (Å²) in [6.07, 6.45) is 1.17. The molecule has 0 fully saturated rings. The number of amides is 1. The Kier molecular flexibility index (Phi) is 6.29. The topological polar surface area (TPSA) is 96.3 Å². The Morgan fingerprint density at radius 2 is 1.72 bits per heavy atom. The van der Waals surface area contributed by atoms with Crippen molar-refractivity contribution in [3.05, 3.63) is 80.5 Å². The Hall–Kier alpha value is -3.19. The molecule has 0 aliphatic rings. The van der Waals surface area contributed by atoms with Crippen molar-refractivity contribution in [2.75, 3.05) is 7.11 Å². The molecule has 0 saturated carbocycles. The van der Waals surface area contributed by atoms with Gasteiger partial charge in [-0.05, 0) is 36.1 Å². The fraction of sp³-hybridized carbons (Fsp3) is 0.318. The van der Waals surface area contributed by atoms with Gasteiger partial charge < -0.3 is 10.5 Å². The molecule has 0 aliphatic heterocycles. The minimum atomic E-state index is -0.642. The summed E-state index contributed by atoms with van der Waals surface area (Å²) in [6.45, 7) is 0.353. The predicted octanol–water partition coefficient (Wildman–Crippen LogP) is 1.38. The van der Waals surface area contributed by atoms with Crippen molar-refractivity contribution in [3.63, 3.8) is 0 Å². The molecule has 7 heteroatoms. The first-order valence-electron chi connectivity index (χ1n) is 9.51. The average Bonchev–Trinajstić information content (AvgIpc) is 2.73. The molecule has 0 aliphatic carbocycles. The second kappa shape index (κ2) is 8.87. The van der Waals surface area contributed by atoms with E-state index in [1.807, 2.05) is 30.3 Å². The van der Waals surface area contributed by atoms with Gasteiger partial charge in [-0.25, -0.2) is 4.79 Å². The number of benzene rings is 2. The number of rotatable bonds is 8. The van der Waals surface area contributed by atoms with E-state index in [4.69, 9.17) is 10.5 Å². The molecular weight excluding hydrogens is 370 g/mol. The van der Waals surface area contributed by atoms with Crippen molar-refractivity contribution in [2.24, 2.45) is 12.8 Å². The zero-order valence-corrected chi connectivity index (χ0v) is 16.6. The van der Waals surface area contributed by atoms with Crippen molar-refractivity contribution in [2.45, 2.75) is 31.9 Å². The molecule has 0 spiro atoms. The van der Waals surface area contributed by atoms with E-state index in [0.29, 0.717) is 30.3 Å². The lowest BCUT2D eigenvalue weighted by Gasteiger charge is -2.12. The molecule has 2 aromatic carbocycles. The highest BCUT2D eigenvalue weighted by Crippen LogP contribution is 2.11. The highest BCUT2D eigenvalue weighted by atomic mass is 16.5. The normalized spacial score (nSPS) is 12.2. The van der Waals surface area contributed by atoms with Crippen LogP contribution in [0.25, 0.3) is 10.9 Å². The van der Waals surface area contributed by atoms with Gasteiger partial charge in [-0.15, -0.1) is 0 Å². The van der Waals surface area contributed by atoms with Gasteiger partial charge >= 0.3 is 5.69 Å². The second-order valence-corrected chi connectivity index (χ2v) is 7.07. The number of hydrogen-bond acceptors (Lipinski definition) is 4. The molecule has 1 amide bonds. The van der Waals surface area contributed by atoms with Crippen LogP contribution in [-0.2, 0) is 36.0 Å². The molecule has 3 rings (SSSR count). The van der Waals surface area contributed by atoms with E-state index < -0.39 is 12.0 Å². The number of aryl methyl sites for hydroxylation is 2. The van der Waals surface area contributed by atoms with Crippen LogP contribution in [0.5, 0.6) is 0 Å². The van der Waals surface area contributed by atoms with E-state index in [0.717, 1.165) is 17.5 Å². The van der Waals surface area contributed by atoms with Gasteiger partial charge in [0.2, 0.25) is 5.91 Å². The van der Waals surface area contributed by atoms with E-state index in [9.17, 15) is 14.4 Å². The van der Waals surface area contributed by atoms with Crippen LogP contribution in [0.1, 0.15) is 17.5 Å². The quantitative estimate of drug-likeness (QED) is 0.623. The number of para-hydroxylation sites is 1. The summed E-state index contributed by atoms with van der Waals surface area (Å²) in [5.41, 5.74) is 7.42. The smallest absolute Gasteiger partial charge is 0.331 e. The summed E-state index contributed by atoms with van der Waals surface area (Å²) in [6, 6.07) is 15.0. The minimum absolute atomic E-state index is 0.254. The predicted molar refractivity (Wildman–Crippen MR) is 112 cm³/mol. The number of ether oxygens (including phenoxy) is 1. The Balaban J connectivity index is 1.68. The first kappa shape index (κ1) is 20.5. The molecule has 1 unspecified atom stereocenters. The molecule has 1 aromatic heterocycles. The lowest BCUT2D eigenvalue weighted by Crippen LogP contribution is -2.39. The van der Waals surface area contributed by atoms with E-state index in [-0.39, 0.29) is 11.2 Å². The van der Waals surface area contributed by atoms with Gasteiger partial charge in [-0.2, -0.15) is 0 Å². The lowest BCUT2D eigenvalue weighted by molar-refractivity contribution is -0.127. The number of carbonyl (C=O) groups excluding carboxylic acids is 1. The van der Waals surface area contributed by atoms with E-state index in [1.54, 1.807) is 25.2 Å². The number of nitrogens with two attached hydrogens (primary N) is 1. The maximum Gasteiger partial charge on any atom is 0.331 e. The largest absolute Gasteiger partial charge is 0.371 e. The molecule has 29 heavy (non-hydrogen) atoms. The molecule has 0 radical (unpaired) electrons. The number of carbonyl (C=O) groups is 1. The van der Waals surface area contributed by atoms with Crippen molar-refractivity contribution < 1.29 is 9.53 Å². The van der Waals surface area contributed by atoms with Gasteiger partial charge in [0.05, 0.1) is 10.9 Å². The van der Waals surface area contributed by atoms with Gasteiger partial charge in [-0.1, -0.05) is 36.4 Å². The summed E-state index contributed by atoms with van der Waals surface area (Å²) in [7, 11) is 3.14. The van der Waals surface area contributed by atoms with E-state index in [2.05, 4.69) is 0 Å². The molecule has 2 N–H and O–H groups in total. The molecule has 3 aromatic rings. The van der Waals surface area contributed by atoms with Crippen LogP contribution in [0.2, 0.25) is 0 Å². The molecule has 1 heterocycles. The molecule has 0 saturated heterocycles. The average molecular weight is 395 g/mol. The van der Waals surface area contributed by atoms with Crippen LogP contribution >= 0.6 is 0 Å². The lowest BCUT2D eigenvalue weighted by atomic mass is 10.0. The number of fused-ring (bicyclic) bond motifs is 1. The zero-order valence-electron chi connectivity index (χ0n) is 16.6. The highest BCUT2D eigenvalue weighted by molar-refractivity contribution is 5.79. The molecular formula is C22H25N3O4. The van der Waals surface area contributed by atoms with Crippen LogP contribution in [-0.4, -0.2) is 28.3 Å². The Labute approximate surface area is 168 Å². The maximum absolute atomic E-state index is 12.7. The van der Waals surface area contributed by atoms with Crippen molar-refractivity contribution in [1.29, 1.82) is 0 Å². The molecule has 0 bridgehead atoms. The number of methoxy groups -OCH3 is 1. The van der Waals surface area contributed by atoms with Crippen LogP contribution in [0.4, 0.5) is 0 Å². The van der Waals surface area contributed by atoms with Gasteiger partial charge in [0.15, 0.2) is 0 Å². The van der Waals surface area contributed by atoms with E-state index >= 15 is 0 Å². The summed E-state index contributed by atoms with van der Waals surface area (Å²) in [4.78, 5) is 36.5. The number of aromatic nitrogens is 2. The van der Waals surface area contributed by atoms with Crippen molar-refractivity contribution in [1.82, 2.24) is 9.13 Å². The fourth-order valence-corrected chi connectivity index (χ4v) is 3.46.